The molecule has 0 aromatic carbocycles. The van der Waals surface area contributed by atoms with Crippen LogP contribution >= 0.6 is 11.6 Å². The molecule has 0 saturated carbocycles. The first-order valence-electron chi connectivity index (χ1n) is 9.73. The van der Waals surface area contributed by atoms with Crippen molar-refractivity contribution in [3.63, 3.8) is 0 Å². The molecule has 2 aliphatic rings. The van der Waals surface area contributed by atoms with E-state index in [1.54, 1.807) is 25.7 Å². The maximum Gasteiger partial charge on any atom is 0.410 e. The van der Waals surface area contributed by atoms with E-state index in [0.29, 0.717) is 44.1 Å². The lowest BCUT2D eigenvalue weighted by Crippen LogP contribution is -2.56. The Balaban J connectivity index is 1.84. The third-order valence-corrected chi connectivity index (χ3v) is 5.19. The number of amides is 2. The van der Waals surface area contributed by atoms with E-state index in [1.165, 1.54) is 4.90 Å². The maximum absolute atomic E-state index is 12.6. The Labute approximate surface area is 180 Å². The Hall–Kier alpha value is -2.80. The SMILES string of the molecule is CC(C)(C)OC(=O)N1CCN(c2nc(Cl)nc3c2CCN(C(=O)O)C3)C[C@H]1CC#N. The molecule has 1 aromatic rings. The molecule has 0 unspecified atom stereocenters. The van der Waals surface area contributed by atoms with Gasteiger partial charge in [-0.25, -0.2) is 19.6 Å². The Bertz CT molecular complexity index is 881. The van der Waals surface area contributed by atoms with Crippen molar-refractivity contribution in [1.82, 2.24) is 19.8 Å². The van der Waals surface area contributed by atoms with E-state index in [-0.39, 0.29) is 24.3 Å². The minimum Gasteiger partial charge on any atom is -0.465 e. The Morgan fingerprint density at radius 3 is 2.67 bits per heavy atom. The second-order valence-corrected chi connectivity index (χ2v) is 8.67. The average Bonchev–Trinajstić information content (AvgIpc) is 2.65. The van der Waals surface area contributed by atoms with E-state index in [4.69, 9.17) is 16.3 Å². The number of hydrogen-bond acceptors (Lipinski definition) is 7. The van der Waals surface area contributed by atoms with Gasteiger partial charge in [0.1, 0.15) is 11.4 Å². The van der Waals surface area contributed by atoms with Crippen LogP contribution in [0.4, 0.5) is 15.4 Å². The fraction of sp³-hybridized carbons (Fsp3) is 0.632. The van der Waals surface area contributed by atoms with Crippen molar-refractivity contribution >= 4 is 29.6 Å². The monoisotopic (exact) mass is 436 g/mol. The highest BCUT2D eigenvalue weighted by Gasteiger charge is 2.35. The standard InChI is InChI=1S/C19H25ClN6O4/c1-19(2,3)30-18(29)26-9-8-24(10-12(26)4-6-21)15-13-5-7-25(17(27)28)11-14(13)22-16(20)23-15/h12H,4-5,7-11H2,1-3H3,(H,27,28)/t12-/m1/s1. The van der Waals surface area contributed by atoms with Gasteiger partial charge in [0, 0.05) is 31.7 Å². The molecule has 3 heterocycles. The highest BCUT2D eigenvalue weighted by atomic mass is 35.5. The normalized spacial score (nSPS) is 19.2. The van der Waals surface area contributed by atoms with Crippen molar-refractivity contribution in [2.75, 3.05) is 31.1 Å². The molecule has 0 bridgehead atoms. The Morgan fingerprint density at radius 2 is 2.03 bits per heavy atom. The fourth-order valence-corrected chi connectivity index (χ4v) is 3.88. The molecule has 1 aromatic heterocycles. The first-order valence-corrected chi connectivity index (χ1v) is 10.1. The summed E-state index contributed by atoms with van der Waals surface area (Å²) in [5.41, 5.74) is 0.823. The molecule has 30 heavy (non-hydrogen) atoms. The quantitative estimate of drug-likeness (QED) is 0.701. The number of nitrogens with zero attached hydrogens (tertiary/aromatic N) is 6. The molecule has 0 radical (unpaired) electrons. The second kappa shape index (κ2) is 8.52. The van der Waals surface area contributed by atoms with Crippen LogP contribution in [-0.2, 0) is 17.7 Å². The van der Waals surface area contributed by atoms with Crippen molar-refractivity contribution in [2.24, 2.45) is 0 Å². The molecule has 1 saturated heterocycles. The molecule has 1 fully saturated rings. The van der Waals surface area contributed by atoms with E-state index in [2.05, 4.69) is 16.0 Å². The van der Waals surface area contributed by atoms with Gasteiger partial charge in [0.15, 0.2) is 0 Å². The van der Waals surface area contributed by atoms with Crippen LogP contribution in [0.2, 0.25) is 5.28 Å². The summed E-state index contributed by atoms with van der Waals surface area (Å²) in [7, 11) is 0. The van der Waals surface area contributed by atoms with Gasteiger partial charge >= 0.3 is 12.2 Å². The van der Waals surface area contributed by atoms with Gasteiger partial charge in [-0.15, -0.1) is 0 Å². The molecular formula is C19H25ClN6O4. The summed E-state index contributed by atoms with van der Waals surface area (Å²) in [5.74, 6) is 0.641. The highest BCUT2D eigenvalue weighted by molar-refractivity contribution is 6.28. The number of carbonyl (C=O) groups excluding carboxylic acids is 1. The number of carbonyl (C=O) groups is 2. The topological polar surface area (TPSA) is 123 Å². The van der Waals surface area contributed by atoms with Gasteiger partial charge in [0.05, 0.1) is 30.8 Å². The molecular weight excluding hydrogens is 412 g/mol. The van der Waals surface area contributed by atoms with Crippen LogP contribution in [-0.4, -0.2) is 74.9 Å². The zero-order valence-corrected chi connectivity index (χ0v) is 18.0. The third kappa shape index (κ3) is 4.84. The first kappa shape index (κ1) is 21.9. The molecule has 10 nitrogen and oxygen atoms in total. The summed E-state index contributed by atoms with van der Waals surface area (Å²) in [4.78, 5) is 37.4. The van der Waals surface area contributed by atoms with Gasteiger partial charge in [-0.3, -0.25) is 0 Å². The molecule has 162 valence electrons. The molecule has 1 N–H and O–H groups in total. The smallest absolute Gasteiger partial charge is 0.410 e. The van der Waals surface area contributed by atoms with Crippen LogP contribution in [0, 0.1) is 11.3 Å². The van der Waals surface area contributed by atoms with Crippen LogP contribution in [0.25, 0.3) is 0 Å². The number of fused-ring (bicyclic) bond motifs is 1. The van der Waals surface area contributed by atoms with Gasteiger partial charge in [0.2, 0.25) is 5.28 Å². The first-order chi connectivity index (χ1) is 14.1. The number of piperazine rings is 1. The summed E-state index contributed by atoms with van der Waals surface area (Å²) in [5, 5.41) is 18.6. The van der Waals surface area contributed by atoms with Gasteiger partial charge in [-0.1, -0.05) is 0 Å². The van der Waals surface area contributed by atoms with E-state index >= 15 is 0 Å². The van der Waals surface area contributed by atoms with Gasteiger partial charge in [-0.05, 0) is 38.8 Å². The summed E-state index contributed by atoms with van der Waals surface area (Å²) in [6.07, 6.45) is -0.813. The number of nitriles is 1. The van der Waals surface area contributed by atoms with E-state index in [9.17, 15) is 20.0 Å². The van der Waals surface area contributed by atoms with Crippen molar-refractivity contribution in [1.29, 1.82) is 5.26 Å². The second-order valence-electron chi connectivity index (χ2n) is 8.33. The van der Waals surface area contributed by atoms with Crippen molar-refractivity contribution in [3.05, 3.63) is 16.5 Å². The minimum atomic E-state index is -1.00. The Morgan fingerprint density at radius 1 is 1.30 bits per heavy atom. The number of halogens is 1. The van der Waals surface area contributed by atoms with Crippen LogP contribution in [0.5, 0.6) is 0 Å². The van der Waals surface area contributed by atoms with Crippen molar-refractivity contribution in [2.45, 2.75) is 51.8 Å². The van der Waals surface area contributed by atoms with Gasteiger partial charge in [-0.2, -0.15) is 5.26 Å². The predicted octanol–water partition coefficient (Wildman–Crippen LogP) is 2.51. The zero-order valence-electron chi connectivity index (χ0n) is 17.3. The van der Waals surface area contributed by atoms with Crippen LogP contribution in [0.3, 0.4) is 0 Å². The number of ether oxygens (including phenoxy) is 1. The van der Waals surface area contributed by atoms with Crippen LogP contribution < -0.4 is 4.90 Å². The summed E-state index contributed by atoms with van der Waals surface area (Å²) in [6.45, 7) is 7.17. The van der Waals surface area contributed by atoms with Crippen LogP contribution in [0.15, 0.2) is 0 Å². The molecule has 0 spiro atoms. The lowest BCUT2D eigenvalue weighted by Gasteiger charge is -2.42. The van der Waals surface area contributed by atoms with Crippen molar-refractivity contribution in [3.8, 4) is 6.07 Å². The Kier molecular flexibility index (Phi) is 6.22. The summed E-state index contributed by atoms with van der Waals surface area (Å²) >= 11 is 6.13. The van der Waals surface area contributed by atoms with E-state index in [0.717, 1.165) is 5.56 Å². The number of aromatic nitrogens is 2. The molecule has 3 rings (SSSR count). The number of hydrogen-bond donors (Lipinski definition) is 1. The molecule has 2 amide bonds. The summed E-state index contributed by atoms with van der Waals surface area (Å²) in [6, 6.07) is 1.78. The van der Waals surface area contributed by atoms with E-state index in [1.807, 2.05) is 4.90 Å². The lowest BCUT2D eigenvalue weighted by atomic mass is 10.0. The van der Waals surface area contributed by atoms with E-state index < -0.39 is 17.8 Å². The summed E-state index contributed by atoms with van der Waals surface area (Å²) < 4.78 is 5.49. The lowest BCUT2D eigenvalue weighted by molar-refractivity contribution is 0.0144. The van der Waals surface area contributed by atoms with Crippen molar-refractivity contribution < 1.29 is 19.4 Å². The van der Waals surface area contributed by atoms with Gasteiger partial charge < -0.3 is 24.5 Å². The third-order valence-electron chi connectivity index (χ3n) is 5.02. The number of carboxylic acid groups (broad SMARTS) is 1. The molecule has 1 atom stereocenters. The fourth-order valence-electron chi connectivity index (χ4n) is 3.69. The zero-order chi connectivity index (χ0) is 22.1. The molecule has 11 heteroatoms. The average molecular weight is 437 g/mol. The predicted molar refractivity (Wildman–Crippen MR) is 108 cm³/mol. The maximum atomic E-state index is 12.6. The van der Waals surface area contributed by atoms with Crippen LogP contribution in [0.1, 0.15) is 38.4 Å². The molecule has 2 aliphatic heterocycles. The molecule has 0 aliphatic carbocycles. The number of rotatable bonds is 2. The highest BCUT2D eigenvalue weighted by Crippen LogP contribution is 2.30. The number of anilines is 1. The largest absolute Gasteiger partial charge is 0.465 e. The minimum absolute atomic E-state index is 0.0439. The van der Waals surface area contributed by atoms with Gasteiger partial charge in [0.25, 0.3) is 0 Å².